The van der Waals surface area contributed by atoms with E-state index in [4.69, 9.17) is 14.2 Å². The molecule has 0 fully saturated rings. The van der Waals surface area contributed by atoms with Gasteiger partial charge in [-0.15, -0.1) is 5.10 Å². The minimum Gasteiger partial charge on any atom is -0.493 e. The van der Waals surface area contributed by atoms with Crippen LogP contribution in [0.3, 0.4) is 0 Å². The van der Waals surface area contributed by atoms with Crippen molar-refractivity contribution in [3.63, 3.8) is 0 Å². The first-order valence-corrected chi connectivity index (χ1v) is 8.87. The Balaban J connectivity index is 1.75. The summed E-state index contributed by atoms with van der Waals surface area (Å²) < 4.78 is 16.2. The standard InChI is InChI=1S/C23H20N2O3/c1-26-20-13-12-15(22(27-2)23(20)28-3)14-24-25-21-18-10-6-4-8-16(18)17-9-5-7-11-19(17)21/h4-14H,1-3H3/b24-14-. The van der Waals surface area contributed by atoms with Crippen molar-refractivity contribution >= 4 is 11.9 Å². The summed E-state index contributed by atoms with van der Waals surface area (Å²) in [6, 6.07) is 20.1. The van der Waals surface area contributed by atoms with E-state index in [0.717, 1.165) is 22.4 Å². The van der Waals surface area contributed by atoms with Crippen LogP contribution in [0.1, 0.15) is 16.7 Å². The van der Waals surface area contributed by atoms with E-state index in [-0.39, 0.29) is 0 Å². The molecular formula is C23H20N2O3. The Morgan fingerprint density at radius 2 is 1.21 bits per heavy atom. The number of nitrogens with zero attached hydrogens (tertiary/aromatic N) is 2. The smallest absolute Gasteiger partial charge is 0.203 e. The first-order chi connectivity index (χ1) is 13.8. The van der Waals surface area contributed by atoms with Crippen LogP contribution in [0, 0.1) is 0 Å². The van der Waals surface area contributed by atoms with Crippen molar-refractivity contribution in [3.8, 4) is 28.4 Å². The quantitative estimate of drug-likeness (QED) is 0.381. The molecule has 0 amide bonds. The van der Waals surface area contributed by atoms with Crippen LogP contribution in [0.5, 0.6) is 17.2 Å². The van der Waals surface area contributed by atoms with Crippen molar-refractivity contribution in [2.24, 2.45) is 10.2 Å². The molecule has 140 valence electrons. The molecule has 0 aromatic heterocycles. The SMILES string of the molecule is COc1ccc(/C=N\N=C2c3ccccc3-c3ccccc32)c(OC)c1OC. The molecule has 0 radical (unpaired) electrons. The minimum absolute atomic E-state index is 0.526. The summed E-state index contributed by atoms with van der Waals surface area (Å²) in [5.74, 6) is 1.68. The number of hydrogen-bond donors (Lipinski definition) is 0. The lowest BCUT2D eigenvalue weighted by molar-refractivity contribution is 0.324. The number of rotatable bonds is 5. The van der Waals surface area contributed by atoms with Crippen LogP contribution in [0.4, 0.5) is 0 Å². The molecule has 0 aliphatic heterocycles. The van der Waals surface area contributed by atoms with Gasteiger partial charge in [0.25, 0.3) is 0 Å². The van der Waals surface area contributed by atoms with E-state index in [9.17, 15) is 0 Å². The van der Waals surface area contributed by atoms with E-state index < -0.39 is 0 Å². The molecule has 0 atom stereocenters. The molecule has 0 heterocycles. The van der Waals surface area contributed by atoms with Crippen molar-refractivity contribution in [2.45, 2.75) is 0 Å². The second-order valence-electron chi connectivity index (χ2n) is 6.21. The highest BCUT2D eigenvalue weighted by atomic mass is 16.5. The minimum atomic E-state index is 0.526. The zero-order valence-corrected chi connectivity index (χ0v) is 16.0. The lowest BCUT2D eigenvalue weighted by atomic mass is 10.1. The van der Waals surface area contributed by atoms with Crippen LogP contribution in [-0.2, 0) is 0 Å². The lowest BCUT2D eigenvalue weighted by Crippen LogP contribution is -1.99. The maximum Gasteiger partial charge on any atom is 0.203 e. The zero-order valence-electron chi connectivity index (χ0n) is 16.0. The normalized spacial score (nSPS) is 11.9. The number of hydrogen-bond acceptors (Lipinski definition) is 5. The van der Waals surface area contributed by atoms with Crippen molar-refractivity contribution in [2.75, 3.05) is 21.3 Å². The molecule has 0 spiro atoms. The fourth-order valence-corrected chi connectivity index (χ4v) is 3.48. The monoisotopic (exact) mass is 372 g/mol. The zero-order chi connectivity index (χ0) is 19.5. The second kappa shape index (κ2) is 7.56. The van der Waals surface area contributed by atoms with Gasteiger partial charge in [0.05, 0.1) is 27.5 Å². The van der Waals surface area contributed by atoms with Gasteiger partial charge >= 0.3 is 0 Å². The molecule has 3 aromatic rings. The highest BCUT2D eigenvalue weighted by molar-refractivity contribution is 6.24. The number of ether oxygens (including phenoxy) is 3. The van der Waals surface area contributed by atoms with E-state index in [2.05, 4.69) is 34.5 Å². The molecule has 5 nitrogen and oxygen atoms in total. The summed E-state index contributed by atoms with van der Waals surface area (Å²) in [6.45, 7) is 0. The summed E-state index contributed by atoms with van der Waals surface area (Å²) in [7, 11) is 4.75. The summed E-state index contributed by atoms with van der Waals surface area (Å²) in [5, 5.41) is 8.88. The van der Waals surface area contributed by atoms with Crippen LogP contribution < -0.4 is 14.2 Å². The Morgan fingerprint density at radius 1 is 0.643 bits per heavy atom. The highest BCUT2D eigenvalue weighted by Crippen LogP contribution is 2.39. The van der Waals surface area contributed by atoms with Crippen LogP contribution in [0.2, 0.25) is 0 Å². The maximum absolute atomic E-state index is 5.50. The average molecular weight is 372 g/mol. The van der Waals surface area contributed by atoms with Crippen LogP contribution in [-0.4, -0.2) is 33.3 Å². The largest absolute Gasteiger partial charge is 0.493 e. The van der Waals surface area contributed by atoms with Crippen molar-refractivity contribution in [1.29, 1.82) is 0 Å². The molecule has 5 heteroatoms. The van der Waals surface area contributed by atoms with Crippen molar-refractivity contribution in [1.82, 2.24) is 0 Å². The van der Waals surface area contributed by atoms with Crippen LogP contribution >= 0.6 is 0 Å². The van der Waals surface area contributed by atoms with E-state index in [1.54, 1.807) is 27.5 Å². The van der Waals surface area contributed by atoms with Crippen molar-refractivity contribution in [3.05, 3.63) is 77.4 Å². The third-order valence-corrected chi connectivity index (χ3v) is 4.74. The van der Waals surface area contributed by atoms with E-state index in [1.165, 1.54) is 11.1 Å². The highest BCUT2D eigenvalue weighted by Gasteiger charge is 2.23. The lowest BCUT2D eigenvalue weighted by Gasteiger charge is -2.13. The first kappa shape index (κ1) is 17.8. The molecule has 0 unspecified atom stereocenters. The van der Waals surface area contributed by atoms with Gasteiger partial charge in [0.1, 0.15) is 5.71 Å². The number of methoxy groups -OCH3 is 3. The summed E-state index contributed by atoms with van der Waals surface area (Å²) in [4.78, 5) is 0. The maximum atomic E-state index is 5.50. The summed E-state index contributed by atoms with van der Waals surface area (Å²) in [5.41, 5.74) is 6.14. The Kier molecular flexibility index (Phi) is 4.81. The van der Waals surface area contributed by atoms with Gasteiger partial charge in [0.2, 0.25) is 5.75 Å². The summed E-state index contributed by atoms with van der Waals surface area (Å²) in [6.07, 6.45) is 1.66. The molecule has 1 aliphatic rings. The fraction of sp³-hybridized carbons (Fsp3) is 0.130. The Bertz CT molecular complexity index is 1040. The van der Waals surface area contributed by atoms with Gasteiger partial charge < -0.3 is 14.2 Å². The molecule has 28 heavy (non-hydrogen) atoms. The predicted molar refractivity (Wildman–Crippen MR) is 111 cm³/mol. The molecule has 0 saturated heterocycles. The second-order valence-corrected chi connectivity index (χ2v) is 6.21. The molecular weight excluding hydrogens is 352 g/mol. The average Bonchev–Trinajstić information content (AvgIpc) is 3.07. The van der Waals surface area contributed by atoms with Crippen molar-refractivity contribution < 1.29 is 14.2 Å². The fourth-order valence-electron chi connectivity index (χ4n) is 3.48. The first-order valence-electron chi connectivity index (χ1n) is 8.87. The van der Waals surface area contributed by atoms with Gasteiger partial charge in [0, 0.05) is 16.7 Å². The Hall–Kier alpha value is -3.60. The van der Waals surface area contributed by atoms with E-state index in [1.807, 2.05) is 36.4 Å². The van der Waals surface area contributed by atoms with E-state index in [0.29, 0.717) is 17.2 Å². The van der Waals surface area contributed by atoms with Gasteiger partial charge in [0.15, 0.2) is 11.5 Å². The molecule has 4 rings (SSSR count). The molecule has 0 saturated carbocycles. The van der Waals surface area contributed by atoms with Gasteiger partial charge in [-0.1, -0.05) is 48.5 Å². The van der Waals surface area contributed by atoms with Gasteiger partial charge in [-0.05, 0) is 23.3 Å². The third-order valence-electron chi connectivity index (χ3n) is 4.74. The predicted octanol–water partition coefficient (Wildman–Crippen LogP) is 4.56. The summed E-state index contributed by atoms with van der Waals surface area (Å²) >= 11 is 0. The van der Waals surface area contributed by atoms with Gasteiger partial charge in [-0.2, -0.15) is 5.10 Å². The topological polar surface area (TPSA) is 52.4 Å². The molecule has 0 bridgehead atoms. The van der Waals surface area contributed by atoms with E-state index >= 15 is 0 Å². The number of benzene rings is 3. The molecule has 3 aromatic carbocycles. The Morgan fingerprint density at radius 3 is 1.75 bits per heavy atom. The van der Waals surface area contributed by atoms with Crippen LogP contribution in [0.15, 0.2) is 70.9 Å². The van der Waals surface area contributed by atoms with Gasteiger partial charge in [-0.3, -0.25) is 0 Å². The van der Waals surface area contributed by atoms with Gasteiger partial charge in [-0.25, -0.2) is 0 Å². The molecule has 1 aliphatic carbocycles. The molecule has 0 N–H and O–H groups in total. The third kappa shape index (κ3) is 2.91. The Labute approximate surface area is 163 Å². The number of fused-ring (bicyclic) bond motifs is 3. The van der Waals surface area contributed by atoms with Crippen LogP contribution in [0.25, 0.3) is 11.1 Å².